The first-order valence-corrected chi connectivity index (χ1v) is 4.26. The van der Waals surface area contributed by atoms with Crippen molar-refractivity contribution in [3.05, 3.63) is 6.42 Å². The molecule has 0 aromatic carbocycles. The van der Waals surface area contributed by atoms with Crippen LogP contribution < -0.4 is 11.1 Å². The predicted octanol–water partition coefficient (Wildman–Crippen LogP) is 0.232. The van der Waals surface area contributed by atoms with E-state index < -0.39 is 0 Å². The Kier molecular flexibility index (Phi) is 5.82. The van der Waals surface area contributed by atoms with Crippen LogP contribution in [0.3, 0.4) is 0 Å². The molecule has 0 aliphatic carbocycles. The fourth-order valence-corrected chi connectivity index (χ4v) is 1.53. The van der Waals surface area contributed by atoms with Gasteiger partial charge in [-0.05, 0) is 32.4 Å². The topological polar surface area (TPSA) is 58.4 Å². The van der Waals surface area contributed by atoms with E-state index in [1.165, 1.54) is 0 Å². The molecule has 2 amide bonds. The molecule has 1 saturated heterocycles. The minimum atomic E-state index is -0.302. The third-order valence-electron chi connectivity index (χ3n) is 2.13. The van der Waals surface area contributed by atoms with E-state index in [2.05, 4.69) is 11.7 Å². The van der Waals surface area contributed by atoms with Crippen LogP contribution >= 0.6 is 12.4 Å². The molecule has 1 atom stereocenters. The summed E-state index contributed by atoms with van der Waals surface area (Å²) in [4.78, 5) is 12.5. The molecule has 0 saturated carbocycles. The molecule has 1 radical (unpaired) electrons. The van der Waals surface area contributed by atoms with E-state index in [1.54, 1.807) is 4.90 Å². The van der Waals surface area contributed by atoms with E-state index in [9.17, 15) is 4.79 Å². The maximum absolute atomic E-state index is 10.8. The number of nitrogens with zero attached hydrogens (tertiary/aromatic N) is 1. The molecule has 77 valence electrons. The minimum Gasteiger partial charge on any atom is -0.351 e. The summed E-state index contributed by atoms with van der Waals surface area (Å²) < 4.78 is 0. The molecule has 1 aliphatic heterocycles. The Morgan fingerprint density at radius 3 is 3.00 bits per heavy atom. The van der Waals surface area contributed by atoms with Crippen molar-refractivity contribution >= 4 is 18.4 Å². The lowest BCUT2D eigenvalue weighted by molar-refractivity contribution is 0.189. The normalized spacial score (nSPS) is 22.2. The second-order valence-corrected chi connectivity index (χ2v) is 3.13. The van der Waals surface area contributed by atoms with Crippen molar-refractivity contribution in [3.8, 4) is 0 Å². The molecule has 0 bridgehead atoms. The average molecular weight is 207 g/mol. The first-order chi connectivity index (χ1) is 5.74. The summed E-state index contributed by atoms with van der Waals surface area (Å²) in [6, 6.07) is -0.302. The van der Waals surface area contributed by atoms with Crippen LogP contribution in [0.1, 0.15) is 6.42 Å². The predicted molar refractivity (Wildman–Crippen MR) is 54.7 cm³/mol. The van der Waals surface area contributed by atoms with Crippen LogP contribution in [0.25, 0.3) is 0 Å². The summed E-state index contributed by atoms with van der Waals surface area (Å²) in [5, 5.41) is 3.09. The maximum atomic E-state index is 10.8. The number of likely N-dealkylation sites (tertiary alicyclic amines) is 1. The molecular weight excluding hydrogens is 190 g/mol. The number of primary amides is 1. The summed E-state index contributed by atoms with van der Waals surface area (Å²) in [5.41, 5.74) is 5.18. The SMILES string of the molecule is CNCC1[CH]CCN(C(N)=O)C1.Cl. The summed E-state index contributed by atoms with van der Waals surface area (Å²) in [6.45, 7) is 2.45. The van der Waals surface area contributed by atoms with Crippen molar-refractivity contribution in [2.24, 2.45) is 11.7 Å². The Balaban J connectivity index is 0.00000144. The van der Waals surface area contributed by atoms with Crippen molar-refractivity contribution < 1.29 is 4.79 Å². The highest BCUT2D eigenvalue weighted by atomic mass is 35.5. The van der Waals surface area contributed by atoms with Crippen LogP contribution in [0.5, 0.6) is 0 Å². The Labute approximate surface area is 85.3 Å². The van der Waals surface area contributed by atoms with Crippen molar-refractivity contribution in [2.75, 3.05) is 26.7 Å². The number of nitrogens with one attached hydrogen (secondary N) is 1. The highest BCUT2D eigenvalue weighted by Gasteiger charge is 2.21. The summed E-state index contributed by atoms with van der Waals surface area (Å²) in [6.07, 6.45) is 3.20. The van der Waals surface area contributed by atoms with E-state index >= 15 is 0 Å². The zero-order valence-electron chi connectivity index (χ0n) is 7.82. The molecule has 1 heterocycles. The van der Waals surface area contributed by atoms with E-state index in [1.807, 2.05) is 7.05 Å². The monoisotopic (exact) mass is 206 g/mol. The largest absolute Gasteiger partial charge is 0.351 e. The number of carbonyl (C=O) groups is 1. The van der Waals surface area contributed by atoms with E-state index in [0.717, 1.165) is 26.1 Å². The van der Waals surface area contributed by atoms with E-state index in [4.69, 9.17) is 5.73 Å². The number of rotatable bonds is 2. The number of urea groups is 1. The molecule has 1 aliphatic rings. The smallest absolute Gasteiger partial charge is 0.314 e. The van der Waals surface area contributed by atoms with Crippen LogP contribution in [0.15, 0.2) is 0 Å². The number of nitrogens with two attached hydrogens (primary N) is 1. The van der Waals surface area contributed by atoms with Gasteiger partial charge in [0, 0.05) is 13.1 Å². The van der Waals surface area contributed by atoms with Gasteiger partial charge in [0.2, 0.25) is 0 Å². The Bertz CT molecular complexity index is 163. The first-order valence-electron chi connectivity index (χ1n) is 4.26. The summed E-state index contributed by atoms with van der Waals surface area (Å²) in [5.74, 6) is 0.455. The van der Waals surface area contributed by atoms with Gasteiger partial charge in [0.05, 0.1) is 0 Å². The highest BCUT2D eigenvalue weighted by Crippen LogP contribution is 2.13. The molecule has 1 rings (SSSR count). The second kappa shape index (κ2) is 6.05. The standard InChI is InChI=1S/C8H16N3O.ClH/c1-10-5-7-3-2-4-11(6-7)8(9)12;/h3,7,10H,2,4-6H2,1H3,(H2,9,12);1H. The first kappa shape index (κ1) is 12.5. The molecule has 1 unspecified atom stereocenters. The van der Waals surface area contributed by atoms with Crippen LogP contribution in [-0.4, -0.2) is 37.6 Å². The molecule has 0 aromatic rings. The lowest BCUT2D eigenvalue weighted by atomic mass is 9.98. The fraction of sp³-hybridized carbons (Fsp3) is 0.750. The Morgan fingerprint density at radius 1 is 1.77 bits per heavy atom. The Hall–Kier alpha value is -0.480. The van der Waals surface area contributed by atoms with Gasteiger partial charge in [-0.15, -0.1) is 12.4 Å². The Morgan fingerprint density at radius 2 is 2.46 bits per heavy atom. The molecule has 5 heteroatoms. The maximum Gasteiger partial charge on any atom is 0.314 e. The van der Waals surface area contributed by atoms with Gasteiger partial charge in [-0.2, -0.15) is 0 Å². The highest BCUT2D eigenvalue weighted by molar-refractivity contribution is 5.85. The van der Waals surface area contributed by atoms with Gasteiger partial charge in [-0.1, -0.05) is 0 Å². The summed E-state index contributed by atoms with van der Waals surface area (Å²) >= 11 is 0. The van der Waals surface area contributed by atoms with Crippen molar-refractivity contribution in [2.45, 2.75) is 6.42 Å². The van der Waals surface area contributed by atoms with Gasteiger partial charge in [-0.3, -0.25) is 0 Å². The second-order valence-electron chi connectivity index (χ2n) is 3.13. The van der Waals surface area contributed by atoms with Crippen LogP contribution in [0.4, 0.5) is 4.79 Å². The van der Waals surface area contributed by atoms with Crippen LogP contribution in [0, 0.1) is 12.3 Å². The number of hydrogen-bond acceptors (Lipinski definition) is 2. The molecular formula is C8H17ClN3O. The van der Waals surface area contributed by atoms with Gasteiger partial charge in [0.25, 0.3) is 0 Å². The van der Waals surface area contributed by atoms with Gasteiger partial charge >= 0.3 is 6.03 Å². The summed E-state index contributed by atoms with van der Waals surface area (Å²) in [7, 11) is 1.91. The molecule has 13 heavy (non-hydrogen) atoms. The van der Waals surface area contributed by atoms with Crippen LogP contribution in [-0.2, 0) is 0 Å². The molecule has 1 fully saturated rings. The number of halogens is 1. The number of amides is 2. The average Bonchev–Trinajstić information content (AvgIpc) is 2.05. The van der Waals surface area contributed by atoms with Gasteiger partial charge in [0.1, 0.15) is 0 Å². The quantitative estimate of drug-likeness (QED) is 0.680. The third kappa shape index (κ3) is 3.83. The van der Waals surface area contributed by atoms with Gasteiger partial charge < -0.3 is 16.0 Å². The molecule has 3 N–H and O–H groups in total. The number of piperidine rings is 1. The lowest BCUT2D eigenvalue weighted by Crippen LogP contribution is -2.45. The van der Waals surface area contributed by atoms with Gasteiger partial charge in [-0.25, -0.2) is 4.79 Å². The van der Waals surface area contributed by atoms with Crippen molar-refractivity contribution in [3.63, 3.8) is 0 Å². The van der Waals surface area contributed by atoms with Gasteiger partial charge in [0.15, 0.2) is 0 Å². The lowest BCUT2D eigenvalue weighted by Gasteiger charge is -2.31. The zero-order valence-corrected chi connectivity index (χ0v) is 8.64. The number of hydrogen-bond donors (Lipinski definition) is 2. The number of carbonyl (C=O) groups excluding carboxylic acids is 1. The van der Waals surface area contributed by atoms with E-state index in [0.29, 0.717) is 5.92 Å². The third-order valence-corrected chi connectivity index (χ3v) is 2.13. The minimum absolute atomic E-state index is 0. The molecule has 0 aromatic heterocycles. The van der Waals surface area contributed by atoms with E-state index in [-0.39, 0.29) is 18.4 Å². The van der Waals surface area contributed by atoms with Crippen molar-refractivity contribution in [1.82, 2.24) is 10.2 Å². The van der Waals surface area contributed by atoms with Crippen molar-refractivity contribution in [1.29, 1.82) is 0 Å². The van der Waals surface area contributed by atoms with Crippen LogP contribution in [0.2, 0.25) is 0 Å². The fourth-order valence-electron chi connectivity index (χ4n) is 1.53. The molecule has 0 spiro atoms. The molecule has 4 nitrogen and oxygen atoms in total. The zero-order chi connectivity index (χ0) is 8.97.